The van der Waals surface area contributed by atoms with E-state index in [-0.39, 0.29) is 114 Å². The van der Waals surface area contributed by atoms with Gasteiger partial charge in [-0.1, -0.05) is 0 Å². The van der Waals surface area contributed by atoms with E-state index in [1.54, 1.807) is 0 Å². The van der Waals surface area contributed by atoms with Gasteiger partial charge >= 0.3 is 0 Å². The van der Waals surface area contributed by atoms with Gasteiger partial charge in [0.1, 0.15) is 0 Å². The number of rotatable bonds is 0. The summed E-state index contributed by atoms with van der Waals surface area (Å²) in [6.45, 7) is 0. The SMILES string of the molecule is [Au].[Au].[Au].[Yb]. The number of hydrogen-bond donors (Lipinski definition) is 0. The van der Waals surface area contributed by atoms with Gasteiger partial charge in [0.15, 0.2) is 0 Å². The largest absolute Gasteiger partial charge is 0 e. The maximum Gasteiger partial charge on any atom is 0 e. The maximum absolute atomic E-state index is 0. The monoisotopic (exact) mass is 765 g/mol. The van der Waals surface area contributed by atoms with Crippen LogP contribution in [0.4, 0.5) is 0 Å². The molecule has 0 N–H and O–H groups in total. The van der Waals surface area contributed by atoms with Gasteiger partial charge in [-0.2, -0.15) is 0 Å². The fourth-order valence-electron chi connectivity index (χ4n) is 0. The van der Waals surface area contributed by atoms with Crippen molar-refractivity contribution in [2.45, 2.75) is 0 Å². The Morgan fingerprint density at radius 1 is 0.500 bits per heavy atom. The Kier molecular flexibility index (Phi) is 99.8. The van der Waals surface area contributed by atoms with Crippen LogP contribution in [-0.2, 0) is 67.1 Å². The van der Waals surface area contributed by atoms with E-state index in [4.69, 9.17) is 0 Å². The minimum absolute atomic E-state index is 0. The molecule has 0 aliphatic rings. The molecule has 0 aromatic rings. The van der Waals surface area contributed by atoms with Crippen molar-refractivity contribution in [3.63, 3.8) is 0 Å². The van der Waals surface area contributed by atoms with Crippen LogP contribution < -0.4 is 0 Å². The second-order valence-corrected chi connectivity index (χ2v) is 0. The van der Waals surface area contributed by atoms with Gasteiger partial charge < -0.3 is 0 Å². The zero-order valence-electron chi connectivity index (χ0n) is 1.17. The smallest absolute Gasteiger partial charge is 0 e. The van der Waals surface area contributed by atoms with Gasteiger partial charge in [0.25, 0.3) is 0 Å². The average Bonchev–Trinajstić information content (AvgIpc) is 0. The van der Waals surface area contributed by atoms with Crippen LogP contribution in [0.15, 0.2) is 0 Å². The molecule has 0 aromatic heterocycles. The first-order chi connectivity index (χ1) is 0. The fourth-order valence-corrected chi connectivity index (χ4v) is 0. The quantitative estimate of drug-likeness (QED) is 0.305. The van der Waals surface area contributed by atoms with Crippen molar-refractivity contribution in [1.82, 2.24) is 0 Å². The number of hydrogen-bond acceptors (Lipinski definition) is 0. The van der Waals surface area contributed by atoms with Crippen LogP contribution in [0.3, 0.4) is 0 Å². The molecule has 0 bridgehead atoms. The molecule has 0 saturated heterocycles. The third-order valence-corrected chi connectivity index (χ3v) is 0. The molecule has 0 heterocycles. The van der Waals surface area contributed by atoms with E-state index in [9.17, 15) is 0 Å². The molecular weight excluding hydrogens is 764 g/mol. The summed E-state index contributed by atoms with van der Waals surface area (Å²) in [5.41, 5.74) is 0. The summed E-state index contributed by atoms with van der Waals surface area (Å²) >= 11 is 0. The minimum Gasteiger partial charge on any atom is 0 e. The molecule has 0 saturated carbocycles. The van der Waals surface area contributed by atoms with Crippen LogP contribution in [-0.4, -0.2) is 0 Å². The molecule has 0 aliphatic heterocycles. The second kappa shape index (κ2) is 15.9. The van der Waals surface area contributed by atoms with E-state index in [0.717, 1.165) is 0 Å². The van der Waals surface area contributed by atoms with E-state index in [1.165, 1.54) is 0 Å². The zero-order valence-corrected chi connectivity index (χ0v) is 9.39. The van der Waals surface area contributed by atoms with Crippen molar-refractivity contribution in [2.24, 2.45) is 0 Å². The van der Waals surface area contributed by atoms with Gasteiger partial charge in [0.2, 0.25) is 0 Å². The minimum atomic E-state index is 0. The van der Waals surface area contributed by atoms with E-state index in [1.807, 2.05) is 0 Å². The summed E-state index contributed by atoms with van der Waals surface area (Å²) < 4.78 is 0. The summed E-state index contributed by atoms with van der Waals surface area (Å²) in [5.74, 6) is 0. The Bertz CT molecular complexity index is 3.25. The van der Waals surface area contributed by atoms with Crippen molar-refractivity contribution in [3.05, 3.63) is 0 Å². The molecule has 0 aromatic carbocycles. The van der Waals surface area contributed by atoms with Crippen LogP contribution >= 0.6 is 0 Å². The Morgan fingerprint density at radius 3 is 0.500 bits per heavy atom. The fraction of sp³-hybridized carbons (Fsp3) is 0. The third kappa shape index (κ3) is 9.22. The van der Waals surface area contributed by atoms with E-state index < -0.39 is 0 Å². The first-order valence-corrected chi connectivity index (χ1v) is 0. The Hall–Kier alpha value is 3.74. The molecule has 47 valence electrons. The Labute approximate surface area is 111 Å². The molecule has 0 spiro atoms. The molecule has 0 nitrogen and oxygen atoms in total. The molecule has 4 heavy (non-hydrogen) atoms. The maximum atomic E-state index is 0. The molecular formula is Au3Yb. The van der Waals surface area contributed by atoms with Gasteiger partial charge in [0, 0.05) is 114 Å². The topological polar surface area (TPSA) is 0 Å². The average molecular weight is 764 g/mol. The Balaban J connectivity index is 0. The van der Waals surface area contributed by atoms with Crippen LogP contribution in [0.1, 0.15) is 0 Å². The predicted octanol–water partition coefficient (Wildman–Crippen LogP) is -0.00750. The molecule has 0 aliphatic carbocycles. The first kappa shape index (κ1) is 25.1. The predicted molar refractivity (Wildman–Crippen MR) is 0 cm³/mol. The first-order valence-electron chi connectivity index (χ1n) is 0. The molecule has 0 atom stereocenters. The van der Waals surface area contributed by atoms with Gasteiger partial charge in [-0.3, -0.25) is 0 Å². The zero-order chi connectivity index (χ0) is 0. The van der Waals surface area contributed by atoms with E-state index >= 15 is 0 Å². The van der Waals surface area contributed by atoms with Gasteiger partial charge in [0.05, 0.1) is 0 Å². The summed E-state index contributed by atoms with van der Waals surface area (Å²) in [4.78, 5) is 0. The van der Waals surface area contributed by atoms with Crippen LogP contribution in [0, 0.1) is 46.9 Å². The molecule has 3 radical (unpaired) electrons. The van der Waals surface area contributed by atoms with Crippen LogP contribution in [0.25, 0.3) is 0 Å². The van der Waals surface area contributed by atoms with Crippen molar-refractivity contribution in [2.75, 3.05) is 0 Å². The summed E-state index contributed by atoms with van der Waals surface area (Å²) in [6.07, 6.45) is 0. The molecule has 0 rings (SSSR count). The standard InChI is InChI=1S/3Au.Yb. The summed E-state index contributed by atoms with van der Waals surface area (Å²) in [5, 5.41) is 0. The molecule has 0 amide bonds. The normalized spacial score (nSPS) is 0. The summed E-state index contributed by atoms with van der Waals surface area (Å²) in [6, 6.07) is 0. The van der Waals surface area contributed by atoms with Gasteiger partial charge in [-0.15, -0.1) is 0 Å². The van der Waals surface area contributed by atoms with Crippen LogP contribution in [0.2, 0.25) is 0 Å². The molecule has 4 heteroatoms. The molecule has 0 unspecified atom stereocenters. The molecule has 0 fully saturated rings. The van der Waals surface area contributed by atoms with Gasteiger partial charge in [-0.25, -0.2) is 0 Å². The van der Waals surface area contributed by atoms with E-state index in [0.29, 0.717) is 0 Å². The Morgan fingerprint density at radius 2 is 0.500 bits per heavy atom. The second-order valence-electron chi connectivity index (χ2n) is 0. The van der Waals surface area contributed by atoms with E-state index in [2.05, 4.69) is 0 Å². The van der Waals surface area contributed by atoms with Crippen molar-refractivity contribution >= 4 is 0 Å². The third-order valence-electron chi connectivity index (χ3n) is 0. The van der Waals surface area contributed by atoms with Crippen molar-refractivity contribution in [3.8, 4) is 0 Å². The van der Waals surface area contributed by atoms with Gasteiger partial charge in [-0.05, 0) is 0 Å². The van der Waals surface area contributed by atoms with Crippen LogP contribution in [0.5, 0.6) is 0 Å². The van der Waals surface area contributed by atoms with Crippen molar-refractivity contribution in [1.29, 1.82) is 0 Å². The summed E-state index contributed by atoms with van der Waals surface area (Å²) in [7, 11) is 0. The van der Waals surface area contributed by atoms with Crippen molar-refractivity contribution < 1.29 is 114 Å².